The number of hydrogen-bond donors (Lipinski definition) is 0. The Kier molecular flexibility index (Phi) is 5.96. The Morgan fingerprint density at radius 1 is 1.24 bits per heavy atom. The fourth-order valence-corrected chi connectivity index (χ4v) is 1.76. The maximum Gasteiger partial charge on any atom is 0.341 e. The fourth-order valence-electron chi connectivity index (χ4n) is 1.56. The van der Waals surface area contributed by atoms with Crippen LogP contribution in [0.3, 0.4) is 0 Å². The molecular weight excluding hydrogens is 309 g/mol. The predicted molar refractivity (Wildman–Crippen MR) is 70.7 cm³/mol. The summed E-state index contributed by atoms with van der Waals surface area (Å²) in [6, 6.07) is 0.363. The summed E-state index contributed by atoms with van der Waals surface area (Å²) in [5.74, 6) is -6.59. The Hall–Kier alpha value is -1.82. The van der Waals surface area contributed by atoms with Gasteiger partial charge >= 0.3 is 5.97 Å². The van der Waals surface area contributed by atoms with Crippen LogP contribution in [-0.2, 0) is 9.53 Å². The van der Waals surface area contributed by atoms with Gasteiger partial charge in [-0.05, 0) is 19.4 Å². The lowest BCUT2D eigenvalue weighted by Crippen LogP contribution is -2.18. The second kappa shape index (κ2) is 7.26. The summed E-state index contributed by atoms with van der Waals surface area (Å²) in [5.41, 5.74) is -1.29. The molecule has 21 heavy (non-hydrogen) atoms. The van der Waals surface area contributed by atoms with Gasteiger partial charge in [0.15, 0.2) is 17.5 Å². The fraction of sp³-hybridized carbons (Fsp3) is 0.286. The molecule has 0 spiro atoms. The number of rotatable bonds is 5. The molecule has 0 heterocycles. The van der Waals surface area contributed by atoms with Crippen molar-refractivity contribution >= 4 is 23.4 Å². The lowest BCUT2D eigenvalue weighted by molar-refractivity contribution is -0.138. The molecule has 0 saturated carbocycles. The number of esters is 1. The molecule has 7 heteroatoms. The highest BCUT2D eigenvalue weighted by Gasteiger charge is 2.27. The van der Waals surface area contributed by atoms with Gasteiger partial charge in [0.25, 0.3) is 0 Å². The highest BCUT2D eigenvalue weighted by Crippen LogP contribution is 2.26. The normalized spacial score (nSPS) is 11.4. The first kappa shape index (κ1) is 17.2. The molecule has 1 aromatic carbocycles. The monoisotopic (exact) mass is 320 g/mol. The van der Waals surface area contributed by atoms with Crippen LogP contribution in [0.1, 0.15) is 30.6 Å². The first-order chi connectivity index (χ1) is 9.84. The molecule has 114 valence electrons. The third-order valence-corrected chi connectivity index (χ3v) is 2.83. The summed E-state index contributed by atoms with van der Waals surface area (Å²) in [6.45, 7) is 3.18. The van der Waals surface area contributed by atoms with Crippen LogP contribution in [0.15, 0.2) is 17.7 Å². The van der Waals surface area contributed by atoms with E-state index >= 15 is 0 Å². The molecular formula is C14H12ClF3O3. The van der Waals surface area contributed by atoms with Crippen LogP contribution >= 0.6 is 11.6 Å². The molecule has 0 fully saturated rings. The molecule has 1 aromatic rings. The Balaban J connectivity index is 3.35. The molecule has 0 amide bonds. The smallest absolute Gasteiger partial charge is 0.341 e. The van der Waals surface area contributed by atoms with E-state index in [2.05, 4.69) is 4.74 Å². The zero-order chi connectivity index (χ0) is 16.2. The quantitative estimate of drug-likeness (QED) is 0.157. The molecule has 0 aliphatic heterocycles. The van der Waals surface area contributed by atoms with Crippen molar-refractivity contribution in [3.8, 4) is 0 Å². The largest absolute Gasteiger partial charge is 0.462 e. The van der Waals surface area contributed by atoms with E-state index in [0.29, 0.717) is 12.5 Å². The van der Waals surface area contributed by atoms with Crippen LogP contribution in [0.4, 0.5) is 13.2 Å². The minimum absolute atomic E-state index is 0.00812. The van der Waals surface area contributed by atoms with Gasteiger partial charge in [0, 0.05) is 0 Å². The lowest BCUT2D eigenvalue weighted by Gasteiger charge is -2.09. The van der Waals surface area contributed by atoms with Crippen molar-refractivity contribution in [3.63, 3.8) is 0 Å². The molecule has 0 radical (unpaired) electrons. The lowest BCUT2D eigenvalue weighted by atomic mass is 10.0. The van der Waals surface area contributed by atoms with Crippen molar-refractivity contribution in [2.45, 2.75) is 20.3 Å². The first-order valence-corrected chi connectivity index (χ1v) is 6.47. The van der Waals surface area contributed by atoms with Crippen LogP contribution in [0.2, 0.25) is 5.02 Å². The Morgan fingerprint density at radius 3 is 2.38 bits per heavy atom. The molecule has 0 unspecified atom stereocenters. The number of allylic oxidation sites excluding steroid dienone is 1. The summed E-state index contributed by atoms with van der Waals surface area (Å²) in [7, 11) is 0. The Morgan fingerprint density at radius 2 is 1.86 bits per heavy atom. The number of Topliss-reactive ketones (excluding diaryl/α,β-unsaturated/α-hetero) is 1. The van der Waals surface area contributed by atoms with Crippen LogP contribution in [-0.4, -0.2) is 18.4 Å². The van der Waals surface area contributed by atoms with E-state index in [1.807, 2.05) is 0 Å². The number of carbonyl (C=O) groups excluding carboxylic acids is 2. The van der Waals surface area contributed by atoms with Gasteiger partial charge in [-0.15, -0.1) is 0 Å². The van der Waals surface area contributed by atoms with E-state index in [4.69, 9.17) is 11.6 Å². The number of carbonyl (C=O) groups is 2. The molecule has 0 aliphatic carbocycles. The van der Waals surface area contributed by atoms with Crippen LogP contribution < -0.4 is 0 Å². The standard InChI is InChI=1S/C14H12ClF3O3/c1-3-5-7(14(20)21-4-2)13(19)8-6-9(16)12(18)10(15)11(8)17/h5-6H,3-4H2,1-2H3. The van der Waals surface area contributed by atoms with Gasteiger partial charge < -0.3 is 4.74 Å². The maximum atomic E-state index is 13.8. The molecule has 0 bridgehead atoms. The van der Waals surface area contributed by atoms with Crippen molar-refractivity contribution in [3.05, 3.63) is 45.8 Å². The van der Waals surface area contributed by atoms with Crippen molar-refractivity contribution < 1.29 is 27.5 Å². The molecule has 0 aliphatic rings. The van der Waals surface area contributed by atoms with Crippen molar-refractivity contribution in [1.29, 1.82) is 0 Å². The minimum atomic E-state index is -1.59. The van der Waals surface area contributed by atoms with Gasteiger partial charge in [-0.1, -0.05) is 24.6 Å². The number of ether oxygens (including phenoxy) is 1. The third-order valence-electron chi connectivity index (χ3n) is 2.50. The summed E-state index contributed by atoms with van der Waals surface area (Å²) >= 11 is 5.28. The van der Waals surface area contributed by atoms with Gasteiger partial charge in [-0.3, -0.25) is 4.79 Å². The predicted octanol–water partition coefficient (Wildman–Crippen LogP) is 3.84. The number of benzene rings is 1. The first-order valence-electron chi connectivity index (χ1n) is 6.10. The SMILES string of the molecule is CCC=C(C(=O)OCC)C(=O)c1cc(F)c(F)c(Cl)c1F. The van der Waals surface area contributed by atoms with Gasteiger partial charge in [0.05, 0.1) is 12.2 Å². The average Bonchev–Trinajstić information content (AvgIpc) is 2.45. The van der Waals surface area contributed by atoms with Crippen molar-refractivity contribution in [2.24, 2.45) is 0 Å². The second-order valence-corrected chi connectivity index (χ2v) is 4.30. The number of ketones is 1. The maximum absolute atomic E-state index is 13.8. The summed E-state index contributed by atoms with van der Waals surface area (Å²) in [6.07, 6.45) is 1.51. The van der Waals surface area contributed by atoms with E-state index in [0.717, 1.165) is 0 Å². The van der Waals surface area contributed by atoms with E-state index in [1.165, 1.54) is 13.0 Å². The number of hydrogen-bond acceptors (Lipinski definition) is 3. The third kappa shape index (κ3) is 3.64. The van der Waals surface area contributed by atoms with Crippen molar-refractivity contribution in [2.75, 3.05) is 6.61 Å². The van der Waals surface area contributed by atoms with Crippen molar-refractivity contribution in [1.82, 2.24) is 0 Å². The zero-order valence-electron chi connectivity index (χ0n) is 11.3. The highest BCUT2D eigenvalue weighted by atomic mass is 35.5. The molecule has 0 atom stereocenters. The van der Waals surface area contributed by atoms with Gasteiger partial charge in [-0.2, -0.15) is 0 Å². The Bertz CT molecular complexity index is 612. The Labute approximate surface area is 124 Å². The molecule has 3 nitrogen and oxygen atoms in total. The van der Waals surface area contributed by atoms with E-state index < -0.39 is 45.4 Å². The van der Waals surface area contributed by atoms with Crippen LogP contribution in [0.25, 0.3) is 0 Å². The average molecular weight is 321 g/mol. The van der Waals surface area contributed by atoms with E-state index in [9.17, 15) is 22.8 Å². The van der Waals surface area contributed by atoms with Gasteiger partial charge in [0.2, 0.25) is 5.78 Å². The summed E-state index contributed by atoms with van der Waals surface area (Å²) in [5, 5.41) is -1.14. The summed E-state index contributed by atoms with van der Waals surface area (Å²) in [4.78, 5) is 23.8. The highest BCUT2D eigenvalue weighted by molar-refractivity contribution is 6.32. The van der Waals surface area contributed by atoms with Gasteiger partial charge in [-0.25, -0.2) is 18.0 Å². The minimum Gasteiger partial charge on any atom is -0.462 e. The molecule has 0 saturated heterocycles. The summed E-state index contributed by atoms with van der Waals surface area (Å²) < 4.78 is 44.8. The topological polar surface area (TPSA) is 43.4 Å². The van der Waals surface area contributed by atoms with E-state index in [-0.39, 0.29) is 6.61 Å². The molecule has 0 N–H and O–H groups in total. The number of halogens is 4. The van der Waals surface area contributed by atoms with E-state index in [1.54, 1.807) is 6.92 Å². The van der Waals surface area contributed by atoms with Gasteiger partial charge in [0.1, 0.15) is 10.6 Å². The molecule has 1 rings (SSSR count). The zero-order valence-corrected chi connectivity index (χ0v) is 12.1. The second-order valence-electron chi connectivity index (χ2n) is 3.92. The molecule has 0 aromatic heterocycles. The van der Waals surface area contributed by atoms with Crippen LogP contribution in [0, 0.1) is 17.5 Å². The van der Waals surface area contributed by atoms with Crippen LogP contribution in [0.5, 0.6) is 0 Å².